The number of benzene rings is 2. The predicted octanol–water partition coefficient (Wildman–Crippen LogP) is 3.42. The van der Waals surface area contributed by atoms with Gasteiger partial charge in [0.1, 0.15) is 29.0 Å². The van der Waals surface area contributed by atoms with Gasteiger partial charge in [0, 0.05) is 0 Å². The number of hydrogen-bond donors (Lipinski definition) is 2. The van der Waals surface area contributed by atoms with Crippen LogP contribution in [0.5, 0.6) is 11.5 Å². The Balaban J connectivity index is 1.36. The number of amides is 2. The quantitative estimate of drug-likeness (QED) is 0.469. The van der Waals surface area contributed by atoms with Gasteiger partial charge in [0.05, 0.1) is 10.9 Å². The molecule has 1 atom stereocenters. The number of hydrogen-bond acceptors (Lipinski definition) is 7. The van der Waals surface area contributed by atoms with Crippen LogP contribution in [0.25, 0.3) is 6.08 Å². The van der Waals surface area contributed by atoms with Gasteiger partial charge in [0.15, 0.2) is 0 Å². The number of nitrogens with one attached hydrogen (secondary N) is 1. The van der Waals surface area contributed by atoms with Gasteiger partial charge in [-0.25, -0.2) is 4.79 Å². The minimum absolute atomic E-state index is 0.0218. The Kier molecular flexibility index (Phi) is 6.42. The zero-order valence-corrected chi connectivity index (χ0v) is 18.3. The summed E-state index contributed by atoms with van der Waals surface area (Å²) in [5, 5.41) is 11.7. The third kappa shape index (κ3) is 5.27. The van der Waals surface area contributed by atoms with Crippen molar-refractivity contribution in [3.63, 3.8) is 0 Å². The van der Waals surface area contributed by atoms with Crippen LogP contribution in [0.2, 0.25) is 0 Å². The second-order valence-corrected chi connectivity index (χ2v) is 8.80. The highest BCUT2D eigenvalue weighted by molar-refractivity contribution is 8.26. The Morgan fingerprint density at radius 2 is 1.84 bits per heavy atom. The SMILES string of the molecule is O=C(O)CN1C(=O)C(=Cc2ccc(Oc3ccc(CC4COC(=O)N4)cc3)cc2)SC1=S. The molecule has 2 aliphatic rings. The molecule has 2 saturated heterocycles. The number of thiocarbonyl (C=S) groups is 1. The molecule has 2 N–H and O–H groups in total. The van der Waals surface area contributed by atoms with Crippen molar-refractivity contribution in [1.29, 1.82) is 0 Å². The fourth-order valence-corrected chi connectivity index (χ4v) is 4.46. The first-order valence-corrected chi connectivity index (χ1v) is 10.9. The second kappa shape index (κ2) is 9.41. The number of carboxylic acid groups (broad SMARTS) is 1. The Hall–Kier alpha value is -3.37. The molecular weight excluding hydrogens is 452 g/mol. The van der Waals surface area contributed by atoms with Crippen LogP contribution in [-0.4, -0.2) is 51.5 Å². The van der Waals surface area contributed by atoms with Crippen LogP contribution in [0.1, 0.15) is 11.1 Å². The highest BCUT2D eigenvalue weighted by atomic mass is 32.2. The lowest BCUT2D eigenvalue weighted by atomic mass is 10.1. The van der Waals surface area contributed by atoms with Gasteiger partial charge in [0.25, 0.3) is 5.91 Å². The zero-order valence-electron chi connectivity index (χ0n) is 16.6. The average molecular weight is 471 g/mol. The van der Waals surface area contributed by atoms with Gasteiger partial charge in [-0.3, -0.25) is 14.5 Å². The van der Waals surface area contributed by atoms with E-state index in [9.17, 15) is 14.4 Å². The first-order chi connectivity index (χ1) is 15.4. The fourth-order valence-electron chi connectivity index (χ4n) is 3.21. The largest absolute Gasteiger partial charge is 0.480 e. The van der Waals surface area contributed by atoms with E-state index in [1.165, 1.54) is 0 Å². The molecule has 0 spiro atoms. The van der Waals surface area contributed by atoms with Crippen LogP contribution < -0.4 is 10.1 Å². The maximum atomic E-state index is 12.4. The monoisotopic (exact) mass is 470 g/mol. The van der Waals surface area contributed by atoms with Crippen molar-refractivity contribution in [3.05, 3.63) is 64.6 Å². The normalized spacial score (nSPS) is 19.2. The maximum absolute atomic E-state index is 12.4. The van der Waals surface area contributed by atoms with Crippen molar-refractivity contribution in [1.82, 2.24) is 10.2 Å². The molecule has 2 amide bonds. The Bertz CT molecular complexity index is 1100. The third-order valence-corrected chi connectivity index (χ3v) is 6.10. The molecule has 2 aromatic carbocycles. The lowest BCUT2D eigenvalue weighted by Gasteiger charge is -2.10. The van der Waals surface area contributed by atoms with E-state index in [0.29, 0.717) is 29.4 Å². The number of carbonyl (C=O) groups excluding carboxylic acids is 2. The molecule has 2 aromatic rings. The van der Waals surface area contributed by atoms with Crippen molar-refractivity contribution in [3.8, 4) is 11.5 Å². The smallest absolute Gasteiger partial charge is 0.407 e. The number of rotatable bonds is 7. The summed E-state index contributed by atoms with van der Waals surface area (Å²) in [5.74, 6) is -0.226. The van der Waals surface area contributed by atoms with Gasteiger partial charge >= 0.3 is 12.1 Å². The van der Waals surface area contributed by atoms with Crippen LogP contribution in [-0.2, 0) is 20.7 Å². The molecule has 0 radical (unpaired) electrons. The minimum Gasteiger partial charge on any atom is -0.480 e. The summed E-state index contributed by atoms with van der Waals surface area (Å²) in [6.07, 6.45) is 1.97. The van der Waals surface area contributed by atoms with Gasteiger partial charge in [0.2, 0.25) is 0 Å². The minimum atomic E-state index is -1.11. The lowest BCUT2D eigenvalue weighted by Crippen LogP contribution is -2.33. The van der Waals surface area contributed by atoms with Gasteiger partial charge < -0.3 is 19.9 Å². The summed E-state index contributed by atoms with van der Waals surface area (Å²) in [5.41, 5.74) is 1.83. The summed E-state index contributed by atoms with van der Waals surface area (Å²) in [7, 11) is 0. The van der Waals surface area contributed by atoms with E-state index in [-0.39, 0.29) is 16.5 Å². The van der Waals surface area contributed by atoms with Crippen LogP contribution >= 0.6 is 24.0 Å². The number of alkyl carbamates (subject to hydrolysis) is 1. The van der Waals surface area contributed by atoms with E-state index in [1.807, 2.05) is 24.3 Å². The average Bonchev–Trinajstić information content (AvgIpc) is 3.28. The predicted molar refractivity (Wildman–Crippen MR) is 122 cm³/mol. The van der Waals surface area contributed by atoms with Crippen molar-refractivity contribution >= 4 is 52.3 Å². The summed E-state index contributed by atoms with van der Waals surface area (Å²) >= 11 is 6.18. The second-order valence-electron chi connectivity index (χ2n) is 7.12. The number of thioether (sulfide) groups is 1. The van der Waals surface area contributed by atoms with E-state index in [4.69, 9.17) is 26.8 Å². The molecule has 164 valence electrons. The fraction of sp³-hybridized carbons (Fsp3) is 0.182. The number of ether oxygens (including phenoxy) is 2. The number of aliphatic carboxylic acids is 1. The van der Waals surface area contributed by atoms with E-state index >= 15 is 0 Å². The summed E-state index contributed by atoms with van der Waals surface area (Å²) in [6, 6.07) is 14.7. The third-order valence-electron chi connectivity index (χ3n) is 4.72. The first-order valence-electron chi connectivity index (χ1n) is 9.65. The number of cyclic esters (lactones) is 1. The van der Waals surface area contributed by atoms with E-state index in [2.05, 4.69) is 5.32 Å². The number of carbonyl (C=O) groups is 3. The molecule has 2 aliphatic heterocycles. The van der Waals surface area contributed by atoms with E-state index in [1.54, 1.807) is 30.3 Å². The molecule has 2 fully saturated rings. The van der Waals surface area contributed by atoms with E-state index < -0.39 is 18.4 Å². The molecule has 10 heteroatoms. The van der Waals surface area contributed by atoms with Crippen molar-refractivity contribution in [2.75, 3.05) is 13.2 Å². The molecule has 32 heavy (non-hydrogen) atoms. The lowest BCUT2D eigenvalue weighted by molar-refractivity contribution is -0.140. The van der Waals surface area contributed by atoms with Crippen LogP contribution in [0, 0.1) is 0 Å². The van der Waals surface area contributed by atoms with Crippen molar-refractivity contribution < 1.29 is 29.0 Å². The molecular formula is C22H18N2O6S2. The van der Waals surface area contributed by atoms with Gasteiger partial charge in [-0.05, 0) is 47.9 Å². The summed E-state index contributed by atoms with van der Waals surface area (Å²) in [4.78, 5) is 35.8. The van der Waals surface area contributed by atoms with Gasteiger partial charge in [-0.15, -0.1) is 0 Å². The highest BCUT2D eigenvalue weighted by Crippen LogP contribution is 2.32. The van der Waals surface area contributed by atoms with E-state index in [0.717, 1.165) is 27.8 Å². The maximum Gasteiger partial charge on any atom is 0.407 e. The van der Waals surface area contributed by atoms with Crippen LogP contribution in [0.4, 0.5) is 4.79 Å². The van der Waals surface area contributed by atoms with Crippen molar-refractivity contribution in [2.24, 2.45) is 0 Å². The van der Waals surface area contributed by atoms with Gasteiger partial charge in [-0.2, -0.15) is 0 Å². The Morgan fingerprint density at radius 1 is 1.19 bits per heavy atom. The first kappa shape index (κ1) is 21.8. The number of nitrogens with zero attached hydrogens (tertiary/aromatic N) is 1. The topological polar surface area (TPSA) is 105 Å². The molecule has 8 nitrogen and oxygen atoms in total. The molecule has 0 saturated carbocycles. The molecule has 0 aromatic heterocycles. The van der Waals surface area contributed by atoms with Crippen LogP contribution in [0.15, 0.2) is 53.4 Å². The molecule has 2 heterocycles. The molecule has 1 unspecified atom stereocenters. The number of carboxylic acids is 1. The standard InChI is InChI=1S/C22H18N2O6S2/c25-19(26)11-24-20(27)18(32-22(24)31)10-14-3-7-17(8-4-14)30-16-5-1-13(2-6-16)9-15-12-29-21(28)23-15/h1-8,10,15H,9,11-12H2,(H,23,28)(H,25,26). The molecule has 0 bridgehead atoms. The summed E-state index contributed by atoms with van der Waals surface area (Å²) in [6.45, 7) is -0.0796. The van der Waals surface area contributed by atoms with Crippen LogP contribution in [0.3, 0.4) is 0 Å². The highest BCUT2D eigenvalue weighted by Gasteiger charge is 2.33. The molecule has 0 aliphatic carbocycles. The van der Waals surface area contributed by atoms with Crippen molar-refractivity contribution in [2.45, 2.75) is 12.5 Å². The zero-order chi connectivity index (χ0) is 22.7. The van der Waals surface area contributed by atoms with Gasteiger partial charge in [-0.1, -0.05) is 48.2 Å². The Morgan fingerprint density at radius 3 is 2.44 bits per heavy atom. The molecule has 4 rings (SSSR count). The summed E-state index contributed by atoms with van der Waals surface area (Å²) < 4.78 is 11.0. The Labute approximate surface area is 193 Å².